The van der Waals surface area contributed by atoms with Gasteiger partial charge in [-0.1, -0.05) is 26.0 Å². The zero-order chi connectivity index (χ0) is 15.1. The Morgan fingerprint density at radius 1 is 1.29 bits per heavy atom. The molecule has 1 aromatic rings. The summed E-state index contributed by atoms with van der Waals surface area (Å²) in [6.45, 7) is 9.99. The van der Waals surface area contributed by atoms with Gasteiger partial charge >= 0.3 is 0 Å². The molecule has 0 amide bonds. The topological polar surface area (TPSA) is 24.5 Å². The quantitative estimate of drug-likeness (QED) is 0.779. The molecular weight excluding hydrogens is 260 g/mol. The maximum Gasteiger partial charge on any atom is 0.123 e. The highest BCUT2D eigenvalue weighted by atomic mass is 16.5. The van der Waals surface area contributed by atoms with Gasteiger partial charge in [-0.05, 0) is 56.4 Å². The molecule has 1 aliphatic rings. The summed E-state index contributed by atoms with van der Waals surface area (Å²) in [4.78, 5) is 2.56. The first kappa shape index (κ1) is 16.3. The number of likely N-dealkylation sites (tertiary alicyclic amines) is 1. The molecule has 2 rings (SSSR count). The molecule has 1 aromatic carbocycles. The number of methoxy groups -OCH3 is 1. The van der Waals surface area contributed by atoms with E-state index >= 15 is 0 Å². The van der Waals surface area contributed by atoms with Crippen LogP contribution in [0.2, 0.25) is 0 Å². The third-order valence-corrected chi connectivity index (χ3v) is 4.38. The number of hydrogen-bond acceptors (Lipinski definition) is 3. The number of ether oxygens (including phenoxy) is 1. The first-order valence-electron chi connectivity index (χ1n) is 8.31. The van der Waals surface area contributed by atoms with Gasteiger partial charge in [0.2, 0.25) is 0 Å². The molecule has 0 radical (unpaired) electrons. The van der Waals surface area contributed by atoms with E-state index in [1.54, 1.807) is 7.11 Å². The van der Waals surface area contributed by atoms with Crippen LogP contribution in [0, 0.1) is 5.92 Å². The minimum Gasteiger partial charge on any atom is -0.496 e. The Bertz CT molecular complexity index is 425. The van der Waals surface area contributed by atoms with Gasteiger partial charge in [0.15, 0.2) is 0 Å². The first-order valence-corrected chi connectivity index (χ1v) is 8.31. The van der Waals surface area contributed by atoms with Gasteiger partial charge in [-0.2, -0.15) is 0 Å². The van der Waals surface area contributed by atoms with Gasteiger partial charge in [-0.3, -0.25) is 4.90 Å². The smallest absolute Gasteiger partial charge is 0.123 e. The van der Waals surface area contributed by atoms with E-state index in [1.165, 1.54) is 37.1 Å². The second-order valence-corrected chi connectivity index (χ2v) is 6.28. The van der Waals surface area contributed by atoms with Crippen molar-refractivity contribution >= 4 is 0 Å². The summed E-state index contributed by atoms with van der Waals surface area (Å²) >= 11 is 0. The fraction of sp³-hybridized carbons (Fsp3) is 0.667. The van der Waals surface area contributed by atoms with Crippen LogP contribution in [0.5, 0.6) is 5.75 Å². The van der Waals surface area contributed by atoms with Crippen molar-refractivity contribution in [3.8, 4) is 5.75 Å². The van der Waals surface area contributed by atoms with Gasteiger partial charge in [-0.15, -0.1) is 0 Å². The van der Waals surface area contributed by atoms with Crippen molar-refractivity contribution in [2.24, 2.45) is 5.92 Å². The van der Waals surface area contributed by atoms with Crippen LogP contribution in [-0.4, -0.2) is 31.6 Å². The van der Waals surface area contributed by atoms with Gasteiger partial charge in [0.05, 0.1) is 7.11 Å². The Labute approximate surface area is 129 Å². The molecule has 0 aliphatic carbocycles. The van der Waals surface area contributed by atoms with Gasteiger partial charge in [0, 0.05) is 18.7 Å². The van der Waals surface area contributed by atoms with E-state index in [2.05, 4.69) is 42.3 Å². The lowest BCUT2D eigenvalue weighted by Gasteiger charge is -2.30. The average molecular weight is 290 g/mol. The van der Waals surface area contributed by atoms with Crippen LogP contribution in [-0.2, 0) is 13.1 Å². The lowest BCUT2D eigenvalue weighted by atomic mass is 9.98. The molecule has 0 bridgehead atoms. The summed E-state index contributed by atoms with van der Waals surface area (Å²) in [5, 5.41) is 3.44. The van der Waals surface area contributed by atoms with E-state index in [0.29, 0.717) is 0 Å². The zero-order valence-corrected chi connectivity index (χ0v) is 13.8. The fourth-order valence-corrected chi connectivity index (χ4v) is 2.91. The van der Waals surface area contributed by atoms with Crippen LogP contribution in [0.4, 0.5) is 0 Å². The summed E-state index contributed by atoms with van der Waals surface area (Å²) in [6.07, 6.45) is 3.82. The maximum atomic E-state index is 5.56. The minimum absolute atomic E-state index is 0.887. The van der Waals surface area contributed by atoms with Crippen LogP contribution in [0.1, 0.15) is 44.2 Å². The highest BCUT2D eigenvalue weighted by Gasteiger charge is 2.16. The Morgan fingerprint density at radius 2 is 2.05 bits per heavy atom. The molecule has 1 saturated heterocycles. The first-order chi connectivity index (χ1) is 10.2. The number of nitrogens with one attached hydrogen (secondary N) is 1. The Morgan fingerprint density at radius 3 is 2.71 bits per heavy atom. The molecule has 3 nitrogen and oxygen atoms in total. The normalized spacial score (nSPS) is 17.1. The maximum absolute atomic E-state index is 5.56. The van der Waals surface area contributed by atoms with E-state index in [4.69, 9.17) is 4.74 Å². The van der Waals surface area contributed by atoms with Crippen LogP contribution >= 0.6 is 0 Å². The fourth-order valence-electron chi connectivity index (χ4n) is 2.91. The molecule has 1 heterocycles. The molecule has 0 spiro atoms. The van der Waals surface area contributed by atoms with Gasteiger partial charge < -0.3 is 10.1 Å². The Kier molecular flexibility index (Phi) is 6.52. The van der Waals surface area contributed by atoms with Crippen molar-refractivity contribution in [2.45, 2.75) is 46.2 Å². The van der Waals surface area contributed by atoms with Gasteiger partial charge in [-0.25, -0.2) is 0 Å². The summed E-state index contributed by atoms with van der Waals surface area (Å²) < 4.78 is 5.56. The van der Waals surface area contributed by atoms with Crippen molar-refractivity contribution in [1.82, 2.24) is 10.2 Å². The largest absolute Gasteiger partial charge is 0.496 e. The van der Waals surface area contributed by atoms with Crippen LogP contribution in [0.25, 0.3) is 0 Å². The lowest BCUT2D eigenvalue weighted by Crippen LogP contribution is -2.32. The molecule has 0 atom stereocenters. The number of hydrogen-bond donors (Lipinski definition) is 1. The van der Waals surface area contributed by atoms with Crippen LogP contribution < -0.4 is 10.1 Å². The summed E-state index contributed by atoms with van der Waals surface area (Å²) in [5.41, 5.74) is 2.61. The van der Waals surface area contributed by atoms with E-state index in [1.807, 2.05) is 0 Å². The van der Waals surface area contributed by atoms with Gasteiger partial charge in [0.1, 0.15) is 5.75 Å². The van der Waals surface area contributed by atoms with Crippen molar-refractivity contribution in [3.63, 3.8) is 0 Å². The number of nitrogens with zero attached hydrogens (tertiary/aromatic N) is 1. The second-order valence-electron chi connectivity index (χ2n) is 6.28. The lowest BCUT2D eigenvalue weighted by molar-refractivity contribution is 0.185. The highest BCUT2D eigenvalue weighted by Crippen LogP contribution is 2.23. The molecule has 1 aliphatic heterocycles. The van der Waals surface area contributed by atoms with Crippen molar-refractivity contribution < 1.29 is 4.74 Å². The monoisotopic (exact) mass is 290 g/mol. The standard InChI is InChI=1S/C18H30N2O/c1-4-9-19-13-17-6-5-16(12-18(17)21-3)14-20-10-7-15(2)8-11-20/h5-6,12,15,19H,4,7-11,13-14H2,1-3H3. The number of piperidine rings is 1. The molecule has 0 unspecified atom stereocenters. The highest BCUT2D eigenvalue weighted by molar-refractivity contribution is 5.37. The van der Waals surface area contributed by atoms with E-state index in [-0.39, 0.29) is 0 Å². The minimum atomic E-state index is 0.887. The average Bonchev–Trinajstić information content (AvgIpc) is 2.51. The van der Waals surface area contributed by atoms with E-state index in [9.17, 15) is 0 Å². The zero-order valence-electron chi connectivity index (χ0n) is 13.8. The van der Waals surface area contributed by atoms with Crippen molar-refractivity contribution in [1.29, 1.82) is 0 Å². The molecule has 1 N–H and O–H groups in total. The SMILES string of the molecule is CCCNCc1ccc(CN2CCC(C)CC2)cc1OC. The summed E-state index contributed by atoms with van der Waals surface area (Å²) in [6, 6.07) is 6.67. The third-order valence-electron chi connectivity index (χ3n) is 4.38. The van der Waals surface area contributed by atoms with E-state index in [0.717, 1.165) is 37.7 Å². The number of rotatable bonds is 7. The molecule has 118 valence electrons. The predicted molar refractivity (Wildman–Crippen MR) is 88.7 cm³/mol. The molecular formula is C18H30N2O. The molecule has 21 heavy (non-hydrogen) atoms. The van der Waals surface area contributed by atoms with Crippen molar-refractivity contribution in [2.75, 3.05) is 26.7 Å². The Balaban J connectivity index is 1.94. The van der Waals surface area contributed by atoms with Crippen molar-refractivity contribution in [3.05, 3.63) is 29.3 Å². The summed E-state index contributed by atoms with van der Waals surface area (Å²) in [7, 11) is 1.77. The molecule has 0 aromatic heterocycles. The predicted octanol–water partition coefficient (Wildman–Crippen LogP) is 3.43. The van der Waals surface area contributed by atoms with E-state index < -0.39 is 0 Å². The number of benzene rings is 1. The second kappa shape index (κ2) is 8.40. The molecule has 1 fully saturated rings. The molecule has 0 saturated carbocycles. The molecule has 3 heteroatoms. The third kappa shape index (κ3) is 5.01. The summed E-state index contributed by atoms with van der Waals surface area (Å²) in [5.74, 6) is 1.91. The van der Waals surface area contributed by atoms with Gasteiger partial charge in [0.25, 0.3) is 0 Å². The Hall–Kier alpha value is -1.06. The van der Waals surface area contributed by atoms with Crippen LogP contribution in [0.15, 0.2) is 18.2 Å². The van der Waals surface area contributed by atoms with Crippen LogP contribution in [0.3, 0.4) is 0 Å².